The highest BCUT2D eigenvalue weighted by Crippen LogP contribution is 2.29. The van der Waals surface area contributed by atoms with Gasteiger partial charge in [-0.15, -0.1) is 10.2 Å². The topological polar surface area (TPSA) is 82.8 Å². The third-order valence-electron chi connectivity index (χ3n) is 3.98. The minimum Gasteiger partial charge on any atom is -0.465 e. The van der Waals surface area contributed by atoms with Crippen molar-refractivity contribution in [1.29, 1.82) is 0 Å². The maximum atomic E-state index is 13.4. The zero-order valence-corrected chi connectivity index (χ0v) is 18.8. The molecule has 0 aliphatic rings. The standard InChI is InChI=1S/C20H22FN5O2S2/c1-5-28-18(27)14(4)30-20-25-24-17(26(20)16-8-6-15(21)7-9-16)11-29-19-22-12(2)10-13(3)23-19/h6-10,14H,5,11H2,1-4H3/t14-/m1/s1. The predicted octanol–water partition coefficient (Wildman–Crippen LogP) is 4.15. The molecule has 0 spiro atoms. The molecular weight excluding hydrogens is 425 g/mol. The molecule has 0 radical (unpaired) electrons. The smallest absolute Gasteiger partial charge is 0.319 e. The van der Waals surface area contributed by atoms with E-state index in [9.17, 15) is 9.18 Å². The van der Waals surface area contributed by atoms with Gasteiger partial charge in [-0.1, -0.05) is 23.5 Å². The Morgan fingerprint density at radius 3 is 2.47 bits per heavy atom. The number of halogens is 1. The predicted molar refractivity (Wildman–Crippen MR) is 114 cm³/mol. The van der Waals surface area contributed by atoms with Crippen molar-refractivity contribution >= 4 is 29.5 Å². The Morgan fingerprint density at radius 2 is 1.83 bits per heavy atom. The highest BCUT2D eigenvalue weighted by molar-refractivity contribution is 8.00. The molecule has 3 aromatic rings. The average Bonchev–Trinajstić information content (AvgIpc) is 3.09. The van der Waals surface area contributed by atoms with Crippen LogP contribution in [-0.2, 0) is 15.3 Å². The van der Waals surface area contributed by atoms with Crippen LogP contribution in [0.25, 0.3) is 5.69 Å². The Labute approximate surface area is 182 Å². The molecule has 3 rings (SSSR count). The molecule has 0 aliphatic carbocycles. The van der Waals surface area contributed by atoms with Crippen LogP contribution in [-0.4, -0.2) is 42.6 Å². The van der Waals surface area contributed by atoms with Gasteiger partial charge in [-0.05, 0) is 58.0 Å². The molecule has 2 aromatic heterocycles. The largest absolute Gasteiger partial charge is 0.465 e. The number of rotatable bonds is 8. The molecule has 0 aliphatic heterocycles. The van der Waals surface area contributed by atoms with Gasteiger partial charge < -0.3 is 4.74 Å². The minimum absolute atomic E-state index is 0.312. The maximum absolute atomic E-state index is 13.4. The molecule has 0 amide bonds. The van der Waals surface area contributed by atoms with Crippen molar-refractivity contribution in [3.63, 3.8) is 0 Å². The van der Waals surface area contributed by atoms with Gasteiger partial charge in [0, 0.05) is 17.1 Å². The Balaban J connectivity index is 1.89. The summed E-state index contributed by atoms with van der Waals surface area (Å²) in [5.41, 5.74) is 2.49. The Bertz CT molecular complexity index is 1010. The third-order valence-corrected chi connectivity index (χ3v) is 5.84. The van der Waals surface area contributed by atoms with E-state index in [4.69, 9.17) is 4.74 Å². The number of thioether (sulfide) groups is 2. The molecular formula is C20H22FN5O2S2. The Hall–Kier alpha value is -2.46. The van der Waals surface area contributed by atoms with E-state index in [-0.39, 0.29) is 11.8 Å². The average molecular weight is 448 g/mol. The van der Waals surface area contributed by atoms with Crippen LogP contribution in [0.15, 0.2) is 40.6 Å². The second-order valence-electron chi connectivity index (χ2n) is 6.44. The zero-order valence-electron chi connectivity index (χ0n) is 17.1. The summed E-state index contributed by atoms with van der Waals surface area (Å²) in [6.45, 7) is 7.67. The number of carbonyl (C=O) groups excluding carboxylic acids is 1. The number of hydrogen-bond acceptors (Lipinski definition) is 8. The van der Waals surface area contributed by atoms with Crippen LogP contribution >= 0.6 is 23.5 Å². The first-order chi connectivity index (χ1) is 14.4. The second-order valence-corrected chi connectivity index (χ2v) is 8.70. The van der Waals surface area contributed by atoms with Crippen molar-refractivity contribution in [1.82, 2.24) is 24.7 Å². The summed E-state index contributed by atoms with van der Waals surface area (Å²) >= 11 is 2.69. The fourth-order valence-corrected chi connectivity index (χ4v) is 4.42. The van der Waals surface area contributed by atoms with E-state index in [0.29, 0.717) is 34.2 Å². The van der Waals surface area contributed by atoms with E-state index >= 15 is 0 Å². The summed E-state index contributed by atoms with van der Waals surface area (Å²) in [5, 5.41) is 9.28. The van der Waals surface area contributed by atoms with Gasteiger partial charge >= 0.3 is 5.97 Å². The molecule has 0 unspecified atom stereocenters. The van der Waals surface area contributed by atoms with Crippen LogP contribution in [0, 0.1) is 19.7 Å². The molecule has 158 valence electrons. The van der Waals surface area contributed by atoms with E-state index in [1.807, 2.05) is 24.5 Å². The van der Waals surface area contributed by atoms with Crippen LogP contribution in [0.4, 0.5) is 4.39 Å². The number of esters is 1. The summed E-state index contributed by atoms with van der Waals surface area (Å²) in [6.07, 6.45) is 0. The van der Waals surface area contributed by atoms with E-state index in [2.05, 4.69) is 20.2 Å². The van der Waals surface area contributed by atoms with E-state index in [1.54, 1.807) is 26.0 Å². The monoisotopic (exact) mass is 447 g/mol. The zero-order chi connectivity index (χ0) is 21.7. The summed E-state index contributed by atoms with van der Waals surface area (Å²) in [7, 11) is 0. The van der Waals surface area contributed by atoms with Gasteiger partial charge in [-0.2, -0.15) is 0 Å². The van der Waals surface area contributed by atoms with Crippen LogP contribution in [0.1, 0.15) is 31.1 Å². The number of nitrogens with zero attached hydrogens (tertiary/aromatic N) is 5. The van der Waals surface area contributed by atoms with Gasteiger partial charge in [0.15, 0.2) is 10.3 Å². The van der Waals surface area contributed by atoms with Crippen molar-refractivity contribution < 1.29 is 13.9 Å². The highest BCUT2D eigenvalue weighted by Gasteiger charge is 2.22. The second kappa shape index (κ2) is 10.0. The van der Waals surface area contributed by atoms with Crippen LogP contribution in [0.2, 0.25) is 0 Å². The molecule has 1 atom stereocenters. The molecule has 10 heteroatoms. The van der Waals surface area contributed by atoms with Crippen molar-refractivity contribution in [2.75, 3.05) is 6.61 Å². The number of ether oxygens (including phenoxy) is 1. The lowest BCUT2D eigenvalue weighted by molar-refractivity contribution is -0.142. The first kappa shape index (κ1) is 22.2. The molecule has 0 fully saturated rings. The normalized spacial score (nSPS) is 12.0. The highest BCUT2D eigenvalue weighted by atomic mass is 32.2. The molecule has 2 heterocycles. The Kier molecular flexibility index (Phi) is 7.43. The molecule has 0 saturated heterocycles. The van der Waals surface area contributed by atoms with E-state index < -0.39 is 5.25 Å². The lowest BCUT2D eigenvalue weighted by Gasteiger charge is -2.13. The molecule has 7 nitrogen and oxygen atoms in total. The molecule has 30 heavy (non-hydrogen) atoms. The van der Waals surface area contributed by atoms with Crippen molar-refractivity contribution in [2.45, 2.75) is 49.0 Å². The SMILES string of the molecule is CCOC(=O)[C@@H](C)Sc1nnc(CSc2nc(C)cc(C)n2)n1-c1ccc(F)cc1. The maximum Gasteiger partial charge on any atom is 0.319 e. The first-order valence-electron chi connectivity index (χ1n) is 9.36. The van der Waals surface area contributed by atoms with Gasteiger partial charge in [-0.25, -0.2) is 14.4 Å². The van der Waals surface area contributed by atoms with Gasteiger partial charge in [0.1, 0.15) is 16.9 Å². The molecule has 1 aromatic carbocycles. The van der Waals surface area contributed by atoms with Gasteiger partial charge in [0.25, 0.3) is 0 Å². The number of benzene rings is 1. The number of hydrogen-bond donors (Lipinski definition) is 0. The van der Waals surface area contributed by atoms with Gasteiger partial charge in [0.05, 0.1) is 12.4 Å². The fraction of sp³-hybridized carbons (Fsp3) is 0.350. The third kappa shape index (κ3) is 5.57. The quantitative estimate of drug-likeness (QED) is 0.289. The van der Waals surface area contributed by atoms with E-state index in [0.717, 1.165) is 11.4 Å². The van der Waals surface area contributed by atoms with Gasteiger partial charge in [0.2, 0.25) is 0 Å². The molecule has 0 bridgehead atoms. The van der Waals surface area contributed by atoms with Crippen molar-refractivity contribution in [3.8, 4) is 5.69 Å². The summed E-state index contributed by atoms with van der Waals surface area (Å²) < 4.78 is 20.3. The van der Waals surface area contributed by atoms with Crippen LogP contribution < -0.4 is 0 Å². The van der Waals surface area contributed by atoms with Crippen LogP contribution in [0.5, 0.6) is 0 Å². The van der Waals surface area contributed by atoms with Crippen molar-refractivity contribution in [2.24, 2.45) is 0 Å². The Morgan fingerprint density at radius 1 is 1.17 bits per heavy atom. The van der Waals surface area contributed by atoms with Crippen LogP contribution in [0.3, 0.4) is 0 Å². The summed E-state index contributed by atoms with van der Waals surface area (Å²) in [4.78, 5) is 20.9. The number of aryl methyl sites for hydroxylation is 2. The number of aromatic nitrogens is 5. The summed E-state index contributed by atoms with van der Waals surface area (Å²) in [5.74, 6) is 0.450. The lowest BCUT2D eigenvalue weighted by Crippen LogP contribution is -2.17. The molecule has 0 N–H and O–H groups in total. The number of carbonyl (C=O) groups is 1. The minimum atomic E-state index is -0.461. The lowest BCUT2D eigenvalue weighted by atomic mass is 10.3. The molecule has 0 saturated carbocycles. The van der Waals surface area contributed by atoms with E-state index in [1.165, 1.54) is 35.7 Å². The summed E-state index contributed by atoms with van der Waals surface area (Å²) in [6, 6.07) is 7.97. The van der Waals surface area contributed by atoms with Crippen molar-refractivity contribution in [3.05, 3.63) is 53.4 Å². The van der Waals surface area contributed by atoms with Gasteiger partial charge in [-0.3, -0.25) is 9.36 Å². The fourth-order valence-electron chi connectivity index (χ4n) is 2.67. The first-order valence-corrected chi connectivity index (χ1v) is 11.2.